The van der Waals surface area contributed by atoms with Gasteiger partial charge in [0, 0.05) is 17.2 Å². The van der Waals surface area contributed by atoms with Gasteiger partial charge in [0.2, 0.25) is 0 Å². The van der Waals surface area contributed by atoms with Gasteiger partial charge < -0.3 is 4.74 Å². The second kappa shape index (κ2) is 8.64. The van der Waals surface area contributed by atoms with Crippen LogP contribution in [0, 0.1) is 10.1 Å². The summed E-state index contributed by atoms with van der Waals surface area (Å²) in [6.45, 7) is 0.0775. The number of nitro groups is 1. The van der Waals surface area contributed by atoms with Crippen LogP contribution in [0.4, 0.5) is 5.69 Å². The minimum atomic E-state index is -0.583. The van der Waals surface area contributed by atoms with Crippen LogP contribution < -0.4 is 4.74 Å². The van der Waals surface area contributed by atoms with Crippen LogP contribution in [-0.4, -0.2) is 28.7 Å². The van der Waals surface area contributed by atoms with Gasteiger partial charge in [-0.3, -0.25) is 24.6 Å². The highest BCUT2D eigenvalue weighted by molar-refractivity contribution is 6.34. The van der Waals surface area contributed by atoms with Crippen molar-refractivity contribution in [2.24, 2.45) is 0 Å². The molecule has 0 radical (unpaired) electrons. The minimum Gasteiger partial charge on any atom is -0.497 e. The molecule has 0 saturated carbocycles. The topological polar surface area (TPSA) is 89.8 Å². The number of rotatable bonds is 5. The first kappa shape index (κ1) is 21.3. The maximum Gasteiger partial charge on any atom is 0.288 e. The number of hydrogen-bond acceptors (Lipinski definition) is 5. The summed E-state index contributed by atoms with van der Waals surface area (Å²) in [5.74, 6) is -0.219. The van der Waals surface area contributed by atoms with Crippen molar-refractivity contribution in [1.29, 1.82) is 0 Å². The molecule has 1 aliphatic heterocycles. The molecule has 0 aliphatic carbocycles. The van der Waals surface area contributed by atoms with Crippen molar-refractivity contribution in [3.8, 4) is 5.75 Å². The van der Waals surface area contributed by atoms with E-state index < -0.39 is 16.7 Å². The van der Waals surface area contributed by atoms with Crippen molar-refractivity contribution >= 4 is 40.8 Å². The molecule has 8 heteroatoms. The van der Waals surface area contributed by atoms with E-state index in [-0.39, 0.29) is 22.8 Å². The Labute approximate surface area is 188 Å². The molecule has 2 amide bonds. The Hall–Kier alpha value is -3.97. The zero-order chi connectivity index (χ0) is 22.8. The second-order valence-electron chi connectivity index (χ2n) is 7.12. The molecule has 0 fully saturated rings. The fourth-order valence-corrected chi connectivity index (χ4v) is 3.71. The van der Waals surface area contributed by atoms with Crippen molar-refractivity contribution in [3.05, 3.63) is 104 Å². The summed E-state index contributed by atoms with van der Waals surface area (Å²) >= 11 is 5.91. The van der Waals surface area contributed by atoms with E-state index in [9.17, 15) is 19.7 Å². The second-order valence-corrected chi connectivity index (χ2v) is 7.52. The van der Waals surface area contributed by atoms with Gasteiger partial charge in [0.05, 0.1) is 18.6 Å². The van der Waals surface area contributed by atoms with Gasteiger partial charge in [-0.05, 0) is 47.0 Å². The van der Waals surface area contributed by atoms with Gasteiger partial charge in [0.15, 0.2) is 0 Å². The van der Waals surface area contributed by atoms with Crippen LogP contribution >= 0.6 is 11.6 Å². The van der Waals surface area contributed by atoms with Crippen molar-refractivity contribution in [2.75, 3.05) is 7.11 Å². The third kappa shape index (κ3) is 3.98. The first-order chi connectivity index (χ1) is 15.4. The third-order valence-corrected chi connectivity index (χ3v) is 5.47. The van der Waals surface area contributed by atoms with E-state index in [2.05, 4.69) is 0 Å². The molecule has 4 rings (SSSR count). The molecule has 0 aromatic heterocycles. The Morgan fingerprint density at radius 1 is 1.00 bits per heavy atom. The molecule has 0 N–H and O–H groups in total. The van der Waals surface area contributed by atoms with Gasteiger partial charge in [-0.2, -0.15) is 0 Å². The molecular formula is C24H17ClN2O5. The normalized spacial score (nSPS) is 14.4. The zero-order valence-corrected chi connectivity index (χ0v) is 17.7. The van der Waals surface area contributed by atoms with E-state index in [1.807, 2.05) is 0 Å². The SMILES string of the molecule is COc1ccc(CN2C(=O)C(=Cc3ccc(Cl)c([N+](=O)[O-])c3)c3ccccc3C2=O)cc1. The molecule has 7 nitrogen and oxygen atoms in total. The highest BCUT2D eigenvalue weighted by atomic mass is 35.5. The zero-order valence-electron chi connectivity index (χ0n) is 16.9. The van der Waals surface area contributed by atoms with Gasteiger partial charge in [0.1, 0.15) is 10.8 Å². The van der Waals surface area contributed by atoms with Crippen molar-refractivity contribution < 1.29 is 19.2 Å². The first-order valence-electron chi connectivity index (χ1n) is 9.63. The van der Waals surface area contributed by atoms with Crippen LogP contribution in [-0.2, 0) is 11.3 Å². The standard InChI is InChI=1S/C24H17ClN2O5/c1-32-17-9-6-15(7-10-17)14-26-23(28)19-5-3-2-4-18(19)20(24(26)29)12-16-8-11-21(25)22(13-16)27(30)31/h2-13H,14H2,1H3. The number of carbonyl (C=O) groups is 2. The molecule has 0 atom stereocenters. The van der Waals surface area contributed by atoms with Crippen molar-refractivity contribution in [2.45, 2.75) is 6.54 Å². The molecule has 0 bridgehead atoms. The van der Waals surface area contributed by atoms with Crippen LogP contribution in [0.1, 0.15) is 27.0 Å². The monoisotopic (exact) mass is 448 g/mol. The average Bonchev–Trinajstić information content (AvgIpc) is 2.80. The van der Waals surface area contributed by atoms with Crippen LogP contribution in [0.3, 0.4) is 0 Å². The van der Waals surface area contributed by atoms with Gasteiger partial charge in [-0.15, -0.1) is 0 Å². The van der Waals surface area contributed by atoms with Crippen LogP contribution in [0.2, 0.25) is 5.02 Å². The molecule has 32 heavy (non-hydrogen) atoms. The Bertz CT molecular complexity index is 1270. The summed E-state index contributed by atoms with van der Waals surface area (Å²) in [6.07, 6.45) is 1.54. The lowest BCUT2D eigenvalue weighted by Crippen LogP contribution is -2.41. The quantitative estimate of drug-likeness (QED) is 0.237. The molecule has 3 aromatic carbocycles. The maximum atomic E-state index is 13.4. The summed E-state index contributed by atoms with van der Waals surface area (Å²) in [5, 5.41) is 11.2. The maximum absolute atomic E-state index is 13.4. The van der Waals surface area contributed by atoms with E-state index >= 15 is 0 Å². The number of nitro benzene ring substituents is 1. The number of benzene rings is 3. The smallest absolute Gasteiger partial charge is 0.288 e. The van der Waals surface area contributed by atoms with Crippen LogP contribution in [0.25, 0.3) is 11.6 Å². The number of fused-ring (bicyclic) bond motifs is 1. The highest BCUT2D eigenvalue weighted by Gasteiger charge is 2.34. The molecule has 1 aliphatic rings. The van der Waals surface area contributed by atoms with E-state index in [4.69, 9.17) is 16.3 Å². The van der Waals surface area contributed by atoms with Gasteiger partial charge >= 0.3 is 0 Å². The lowest BCUT2D eigenvalue weighted by molar-refractivity contribution is -0.384. The number of hydrogen-bond donors (Lipinski definition) is 0. The number of nitrogens with zero attached hydrogens (tertiary/aromatic N) is 2. The predicted octanol–water partition coefficient (Wildman–Crippen LogP) is 4.98. The number of amides is 2. The van der Waals surface area contributed by atoms with Crippen LogP contribution in [0.5, 0.6) is 5.75 Å². The van der Waals surface area contributed by atoms with Crippen LogP contribution in [0.15, 0.2) is 66.7 Å². The Morgan fingerprint density at radius 3 is 2.34 bits per heavy atom. The molecule has 3 aromatic rings. The predicted molar refractivity (Wildman–Crippen MR) is 120 cm³/mol. The van der Waals surface area contributed by atoms with Gasteiger partial charge in [0.25, 0.3) is 17.5 Å². The summed E-state index contributed by atoms with van der Waals surface area (Å²) in [7, 11) is 1.56. The molecule has 0 unspecified atom stereocenters. The number of imide groups is 1. The minimum absolute atomic E-state index is 0.00355. The Morgan fingerprint density at radius 2 is 1.69 bits per heavy atom. The first-order valence-corrected chi connectivity index (χ1v) is 10.0. The summed E-state index contributed by atoms with van der Waals surface area (Å²) in [5.41, 5.74) is 2.06. The fourth-order valence-electron chi connectivity index (χ4n) is 3.53. The van der Waals surface area contributed by atoms with Gasteiger partial charge in [-0.1, -0.05) is 48.0 Å². The van der Waals surface area contributed by atoms with E-state index in [1.54, 1.807) is 61.7 Å². The summed E-state index contributed by atoms with van der Waals surface area (Å²) < 4.78 is 5.15. The summed E-state index contributed by atoms with van der Waals surface area (Å²) in [6, 6.07) is 18.2. The number of carbonyl (C=O) groups excluding carboxylic acids is 2. The van der Waals surface area contributed by atoms with Crippen molar-refractivity contribution in [1.82, 2.24) is 4.90 Å². The third-order valence-electron chi connectivity index (χ3n) is 5.15. The number of halogens is 1. The van der Waals surface area contributed by atoms with E-state index in [1.165, 1.54) is 23.1 Å². The lowest BCUT2D eigenvalue weighted by Gasteiger charge is -2.28. The average molecular weight is 449 g/mol. The molecular weight excluding hydrogens is 432 g/mol. The van der Waals surface area contributed by atoms with E-state index in [0.717, 1.165) is 5.56 Å². The lowest BCUT2D eigenvalue weighted by atomic mass is 9.91. The molecule has 160 valence electrons. The molecule has 0 spiro atoms. The largest absolute Gasteiger partial charge is 0.497 e. The summed E-state index contributed by atoms with van der Waals surface area (Å²) in [4.78, 5) is 38.3. The van der Waals surface area contributed by atoms with Crippen molar-refractivity contribution in [3.63, 3.8) is 0 Å². The molecule has 0 saturated heterocycles. The molecule has 1 heterocycles. The fraction of sp³-hybridized carbons (Fsp3) is 0.0833. The van der Waals surface area contributed by atoms with Gasteiger partial charge in [-0.25, -0.2) is 0 Å². The van der Waals surface area contributed by atoms with E-state index in [0.29, 0.717) is 22.4 Å². The number of ether oxygens (including phenoxy) is 1. The highest BCUT2D eigenvalue weighted by Crippen LogP contribution is 2.33. The Balaban J connectivity index is 1.78. The Kier molecular flexibility index (Phi) is 5.75. The number of methoxy groups -OCH3 is 1.